The highest BCUT2D eigenvalue weighted by atomic mass is 32.1. The van der Waals surface area contributed by atoms with Crippen LogP contribution in [-0.4, -0.2) is 34.9 Å². The molecule has 24 heavy (non-hydrogen) atoms. The van der Waals surface area contributed by atoms with Gasteiger partial charge in [0.1, 0.15) is 0 Å². The van der Waals surface area contributed by atoms with E-state index in [4.69, 9.17) is 16.6 Å². The van der Waals surface area contributed by atoms with E-state index in [2.05, 4.69) is 10.6 Å². The van der Waals surface area contributed by atoms with E-state index in [1.54, 1.807) is 41.3 Å². The first-order valence-electron chi connectivity index (χ1n) is 7.60. The Bertz CT molecular complexity index is 724. The lowest BCUT2D eigenvalue weighted by molar-refractivity contribution is 0.0772. The Labute approximate surface area is 145 Å². The molecule has 0 unspecified atom stereocenters. The predicted octanol–water partition coefficient (Wildman–Crippen LogP) is 2.89. The van der Waals surface area contributed by atoms with E-state index in [0.29, 0.717) is 24.3 Å². The monoisotopic (exact) mass is 345 g/mol. The number of nitrogens with zero attached hydrogens (tertiary/aromatic N) is 1. The lowest BCUT2D eigenvalue weighted by Gasteiger charge is -2.19. The summed E-state index contributed by atoms with van der Waals surface area (Å²) in [4.78, 5) is 25.9. The van der Waals surface area contributed by atoms with Crippen LogP contribution >= 0.6 is 12.2 Å². The van der Waals surface area contributed by atoms with Crippen LogP contribution in [0.2, 0.25) is 0 Å². The number of amides is 2. The number of rotatable bonds is 5. The smallest absolute Gasteiger partial charge is 0.293 e. The number of hydrogen-bond acceptors (Lipinski definition) is 4. The Morgan fingerprint density at radius 1 is 1.17 bits per heavy atom. The van der Waals surface area contributed by atoms with Crippen molar-refractivity contribution in [3.05, 3.63) is 54.0 Å². The number of anilines is 1. The van der Waals surface area contributed by atoms with E-state index in [1.807, 2.05) is 13.8 Å². The zero-order valence-electron chi connectivity index (χ0n) is 13.5. The summed E-state index contributed by atoms with van der Waals surface area (Å²) in [5, 5.41) is 5.54. The van der Waals surface area contributed by atoms with Gasteiger partial charge in [-0.2, -0.15) is 0 Å². The fourth-order valence-electron chi connectivity index (χ4n) is 2.16. The largest absolute Gasteiger partial charge is 0.459 e. The van der Waals surface area contributed by atoms with E-state index in [-0.39, 0.29) is 16.8 Å². The minimum Gasteiger partial charge on any atom is -0.459 e. The molecule has 0 fully saturated rings. The molecule has 2 N–H and O–H groups in total. The Kier molecular flexibility index (Phi) is 6.08. The first kappa shape index (κ1) is 17.7. The summed E-state index contributed by atoms with van der Waals surface area (Å²) >= 11 is 5.11. The summed E-state index contributed by atoms with van der Waals surface area (Å²) in [5.41, 5.74) is 1.18. The van der Waals surface area contributed by atoms with Crippen LogP contribution in [0.5, 0.6) is 0 Å². The van der Waals surface area contributed by atoms with E-state index < -0.39 is 5.91 Å². The second kappa shape index (κ2) is 8.26. The summed E-state index contributed by atoms with van der Waals surface area (Å²) in [6, 6.07) is 10.1. The third-order valence-corrected chi connectivity index (χ3v) is 3.59. The van der Waals surface area contributed by atoms with Crippen LogP contribution in [0.15, 0.2) is 47.1 Å². The molecule has 0 aliphatic carbocycles. The molecule has 0 spiro atoms. The Morgan fingerprint density at radius 3 is 2.54 bits per heavy atom. The summed E-state index contributed by atoms with van der Waals surface area (Å²) in [6.45, 7) is 5.15. The number of thiocarbonyl (C=S) groups is 1. The van der Waals surface area contributed by atoms with E-state index in [0.717, 1.165) is 0 Å². The average molecular weight is 345 g/mol. The molecule has 0 aliphatic rings. The Morgan fingerprint density at radius 2 is 1.92 bits per heavy atom. The third kappa shape index (κ3) is 4.42. The summed E-state index contributed by atoms with van der Waals surface area (Å²) in [5.74, 6) is -0.313. The predicted molar refractivity (Wildman–Crippen MR) is 96.1 cm³/mol. The van der Waals surface area contributed by atoms with Crippen molar-refractivity contribution in [2.24, 2.45) is 0 Å². The van der Waals surface area contributed by atoms with Crippen LogP contribution in [0.3, 0.4) is 0 Å². The van der Waals surface area contributed by atoms with Gasteiger partial charge in [0.2, 0.25) is 0 Å². The van der Waals surface area contributed by atoms with Crippen LogP contribution in [0.25, 0.3) is 0 Å². The molecule has 1 aromatic heterocycles. The van der Waals surface area contributed by atoms with Gasteiger partial charge in [0.25, 0.3) is 11.8 Å². The van der Waals surface area contributed by atoms with Crippen LogP contribution in [0.1, 0.15) is 34.8 Å². The third-order valence-electron chi connectivity index (χ3n) is 3.39. The molecule has 0 atom stereocenters. The molecule has 2 aromatic rings. The van der Waals surface area contributed by atoms with Crippen molar-refractivity contribution in [3.8, 4) is 0 Å². The first-order chi connectivity index (χ1) is 11.5. The molecule has 2 rings (SSSR count). The number of hydrogen-bond donors (Lipinski definition) is 2. The van der Waals surface area contributed by atoms with Crippen molar-refractivity contribution < 1.29 is 14.0 Å². The summed E-state index contributed by atoms with van der Waals surface area (Å²) in [7, 11) is 0. The summed E-state index contributed by atoms with van der Waals surface area (Å²) < 4.78 is 5.00. The number of nitrogens with one attached hydrogen (secondary N) is 2. The van der Waals surface area contributed by atoms with Gasteiger partial charge < -0.3 is 14.6 Å². The fourth-order valence-corrected chi connectivity index (χ4v) is 2.37. The molecule has 1 aromatic carbocycles. The molecule has 0 radical (unpaired) electrons. The van der Waals surface area contributed by atoms with Gasteiger partial charge in [0.05, 0.1) is 6.26 Å². The standard InChI is InChI=1S/C17H19N3O3S/c1-3-20(4-2)16(22)12-7-5-8-13(11-12)18-17(24)19-15(21)14-9-6-10-23-14/h5-11H,3-4H2,1-2H3,(H2,18,19,21,24). The van der Waals surface area contributed by atoms with Crippen molar-refractivity contribution in [1.29, 1.82) is 0 Å². The molecular formula is C17H19N3O3S. The maximum atomic E-state index is 12.4. The molecule has 1 heterocycles. The minimum atomic E-state index is -0.437. The van der Waals surface area contributed by atoms with Gasteiger partial charge in [0.15, 0.2) is 10.9 Å². The van der Waals surface area contributed by atoms with Crippen LogP contribution in [0, 0.1) is 0 Å². The van der Waals surface area contributed by atoms with Crippen molar-refractivity contribution in [2.45, 2.75) is 13.8 Å². The second-order valence-corrected chi connectivity index (χ2v) is 5.35. The number of benzene rings is 1. The Hall–Kier alpha value is -2.67. The zero-order valence-corrected chi connectivity index (χ0v) is 14.4. The molecule has 2 amide bonds. The van der Waals surface area contributed by atoms with Crippen LogP contribution in [-0.2, 0) is 0 Å². The summed E-state index contributed by atoms with van der Waals surface area (Å²) in [6.07, 6.45) is 1.41. The van der Waals surface area contributed by atoms with Gasteiger partial charge in [-0.15, -0.1) is 0 Å². The van der Waals surface area contributed by atoms with E-state index >= 15 is 0 Å². The van der Waals surface area contributed by atoms with Crippen molar-refractivity contribution in [2.75, 3.05) is 18.4 Å². The van der Waals surface area contributed by atoms with Crippen molar-refractivity contribution in [3.63, 3.8) is 0 Å². The van der Waals surface area contributed by atoms with E-state index in [1.165, 1.54) is 6.26 Å². The quantitative estimate of drug-likeness (QED) is 0.815. The number of carbonyl (C=O) groups excluding carboxylic acids is 2. The van der Waals surface area contributed by atoms with Gasteiger partial charge in [0, 0.05) is 24.3 Å². The number of carbonyl (C=O) groups is 2. The SMILES string of the molecule is CCN(CC)C(=O)c1cccc(NC(=S)NC(=O)c2ccco2)c1. The topological polar surface area (TPSA) is 74.6 Å². The van der Waals surface area contributed by atoms with Crippen LogP contribution in [0.4, 0.5) is 5.69 Å². The van der Waals surface area contributed by atoms with Gasteiger partial charge in [-0.25, -0.2) is 0 Å². The maximum Gasteiger partial charge on any atom is 0.293 e. The zero-order chi connectivity index (χ0) is 17.5. The van der Waals surface area contributed by atoms with Crippen molar-refractivity contribution in [1.82, 2.24) is 10.2 Å². The highest BCUT2D eigenvalue weighted by Crippen LogP contribution is 2.13. The highest BCUT2D eigenvalue weighted by molar-refractivity contribution is 7.80. The lowest BCUT2D eigenvalue weighted by atomic mass is 10.1. The van der Waals surface area contributed by atoms with Gasteiger partial charge in [-0.05, 0) is 56.4 Å². The maximum absolute atomic E-state index is 12.4. The van der Waals surface area contributed by atoms with Gasteiger partial charge in [-0.3, -0.25) is 14.9 Å². The van der Waals surface area contributed by atoms with Crippen LogP contribution < -0.4 is 10.6 Å². The molecule has 0 aliphatic heterocycles. The minimum absolute atomic E-state index is 0.0470. The molecule has 0 saturated heterocycles. The highest BCUT2D eigenvalue weighted by Gasteiger charge is 2.14. The molecular weight excluding hydrogens is 326 g/mol. The molecule has 0 bridgehead atoms. The first-order valence-corrected chi connectivity index (χ1v) is 8.01. The molecule has 6 nitrogen and oxygen atoms in total. The van der Waals surface area contributed by atoms with Crippen molar-refractivity contribution >= 4 is 34.8 Å². The average Bonchev–Trinajstić information content (AvgIpc) is 3.10. The number of furan rings is 1. The normalized spacial score (nSPS) is 10.1. The second-order valence-electron chi connectivity index (χ2n) is 4.94. The fraction of sp³-hybridized carbons (Fsp3) is 0.235. The molecule has 7 heteroatoms. The Balaban J connectivity index is 2.02. The molecule has 126 valence electrons. The molecule has 0 saturated carbocycles. The lowest BCUT2D eigenvalue weighted by Crippen LogP contribution is -2.34. The van der Waals surface area contributed by atoms with E-state index in [9.17, 15) is 9.59 Å². The van der Waals surface area contributed by atoms with Gasteiger partial charge in [-0.1, -0.05) is 6.07 Å². The van der Waals surface area contributed by atoms with Gasteiger partial charge >= 0.3 is 0 Å².